The van der Waals surface area contributed by atoms with E-state index in [1.807, 2.05) is 0 Å². The number of aromatic amines is 1. The van der Waals surface area contributed by atoms with Crippen LogP contribution in [-0.2, 0) is 0 Å². The van der Waals surface area contributed by atoms with Crippen LogP contribution in [0.1, 0.15) is 16.1 Å². The van der Waals surface area contributed by atoms with Crippen LogP contribution in [0.25, 0.3) is 0 Å². The average Bonchev–Trinajstić information content (AvgIpc) is 2.28. The molecular weight excluding hydrogens is 254 g/mol. The summed E-state index contributed by atoms with van der Waals surface area (Å²) in [5, 5.41) is 2.85. The van der Waals surface area contributed by atoms with E-state index in [1.165, 1.54) is 24.5 Å². The minimum Gasteiger partial charge on any atom is -0.364 e. The Hall–Kier alpha value is -2.14. The Kier molecular flexibility index (Phi) is 3.43. The lowest BCUT2D eigenvalue weighted by atomic mass is 10.2. The third kappa shape index (κ3) is 2.75. The van der Waals surface area contributed by atoms with Crippen LogP contribution in [0.5, 0.6) is 0 Å². The van der Waals surface area contributed by atoms with Crippen molar-refractivity contribution in [2.45, 2.75) is 6.92 Å². The van der Waals surface area contributed by atoms with Crippen LogP contribution in [-0.4, -0.2) is 15.9 Å². The van der Waals surface area contributed by atoms with Crippen molar-refractivity contribution in [3.63, 3.8) is 0 Å². The molecule has 1 amide bonds. The lowest BCUT2D eigenvalue weighted by Crippen LogP contribution is -2.21. The Morgan fingerprint density at radius 1 is 1.44 bits per heavy atom. The summed E-state index contributed by atoms with van der Waals surface area (Å²) >= 11 is 5.70. The second-order valence-corrected chi connectivity index (χ2v) is 4.10. The number of hydrogen-bond acceptors (Lipinski definition) is 3. The zero-order valence-electron chi connectivity index (χ0n) is 9.53. The van der Waals surface area contributed by atoms with Gasteiger partial charge < -0.3 is 10.3 Å². The fraction of sp³-hybridized carbons (Fsp3) is 0.0833. The molecule has 2 aromatic rings. The molecule has 0 saturated heterocycles. The molecule has 0 aliphatic heterocycles. The Morgan fingerprint density at radius 2 is 2.22 bits per heavy atom. The molecule has 0 spiro atoms. The minimum atomic E-state index is -0.487. The fourth-order valence-electron chi connectivity index (χ4n) is 1.43. The monoisotopic (exact) mass is 263 g/mol. The first-order valence-corrected chi connectivity index (χ1v) is 5.56. The Balaban J connectivity index is 2.25. The highest BCUT2D eigenvalue weighted by atomic mass is 35.5. The van der Waals surface area contributed by atoms with Gasteiger partial charge in [-0.1, -0.05) is 11.6 Å². The molecule has 2 aromatic heterocycles. The molecule has 6 heteroatoms. The van der Waals surface area contributed by atoms with Crippen LogP contribution in [0.4, 0.5) is 5.69 Å². The van der Waals surface area contributed by atoms with E-state index in [4.69, 9.17) is 11.6 Å². The van der Waals surface area contributed by atoms with Crippen molar-refractivity contribution in [2.75, 3.05) is 5.32 Å². The van der Waals surface area contributed by atoms with Gasteiger partial charge in [-0.25, -0.2) is 4.98 Å². The lowest BCUT2D eigenvalue weighted by Gasteiger charge is -2.04. The lowest BCUT2D eigenvalue weighted by molar-refractivity contribution is 0.102. The Bertz CT molecular complexity index is 652. The predicted octanol–water partition coefficient (Wildman–Crippen LogP) is 1.98. The summed E-state index contributed by atoms with van der Waals surface area (Å²) in [5.41, 5.74) is 0.904. The number of aromatic nitrogens is 2. The molecule has 0 aromatic carbocycles. The quantitative estimate of drug-likeness (QED) is 0.814. The molecule has 0 bridgehead atoms. The second kappa shape index (κ2) is 5.01. The topological polar surface area (TPSA) is 74.8 Å². The third-order valence-electron chi connectivity index (χ3n) is 2.29. The maximum absolute atomic E-state index is 11.9. The minimum absolute atomic E-state index is 0.0496. The zero-order chi connectivity index (χ0) is 13.1. The normalized spacial score (nSPS) is 10.1. The Labute approximate surface area is 108 Å². The maximum Gasteiger partial charge on any atom is 0.261 e. The van der Waals surface area contributed by atoms with Crippen molar-refractivity contribution in [3.8, 4) is 0 Å². The van der Waals surface area contributed by atoms with Crippen LogP contribution < -0.4 is 10.7 Å². The van der Waals surface area contributed by atoms with Gasteiger partial charge >= 0.3 is 0 Å². The number of H-pyrrole nitrogens is 1. The maximum atomic E-state index is 11.9. The van der Waals surface area contributed by atoms with Gasteiger partial charge in [-0.3, -0.25) is 9.59 Å². The molecular formula is C12H10ClN3O2. The van der Waals surface area contributed by atoms with E-state index in [9.17, 15) is 9.59 Å². The molecule has 2 rings (SSSR count). The number of rotatable bonds is 2. The molecule has 5 nitrogen and oxygen atoms in total. The molecule has 0 fully saturated rings. The molecule has 0 aliphatic rings. The van der Waals surface area contributed by atoms with Crippen molar-refractivity contribution in [2.24, 2.45) is 0 Å². The van der Waals surface area contributed by atoms with Crippen LogP contribution in [0.2, 0.25) is 5.15 Å². The number of carbonyl (C=O) groups is 1. The second-order valence-electron chi connectivity index (χ2n) is 3.72. The van der Waals surface area contributed by atoms with Gasteiger partial charge in [-0.2, -0.15) is 0 Å². The average molecular weight is 264 g/mol. The van der Waals surface area contributed by atoms with Crippen LogP contribution in [0.15, 0.2) is 35.4 Å². The summed E-state index contributed by atoms with van der Waals surface area (Å²) in [4.78, 5) is 30.1. The van der Waals surface area contributed by atoms with Crippen LogP contribution >= 0.6 is 11.6 Å². The van der Waals surface area contributed by atoms with E-state index in [0.29, 0.717) is 11.4 Å². The predicted molar refractivity (Wildman–Crippen MR) is 69.0 cm³/mol. The van der Waals surface area contributed by atoms with Gasteiger partial charge in [0.05, 0.1) is 0 Å². The van der Waals surface area contributed by atoms with Crippen molar-refractivity contribution in [1.82, 2.24) is 9.97 Å². The van der Waals surface area contributed by atoms with E-state index in [-0.39, 0.29) is 16.1 Å². The molecule has 0 atom stereocenters. The number of halogens is 1. The molecule has 0 unspecified atom stereocenters. The van der Waals surface area contributed by atoms with E-state index >= 15 is 0 Å². The summed E-state index contributed by atoms with van der Waals surface area (Å²) in [7, 11) is 0. The molecule has 0 saturated carbocycles. The van der Waals surface area contributed by atoms with E-state index < -0.39 is 5.91 Å². The molecule has 2 N–H and O–H groups in total. The van der Waals surface area contributed by atoms with Crippen molar-refractivity contribution in [3.05, 3.63) is 57.2 Å². The zero-order valence-corrected chi connectivity index (χ0v) is 10.3. The summed E-state index contributed by atoms with van der Waals surface area (Å²) in [6, 6.07) is 4.46. The number of hydrogen-bond donors (Lipinski definition) is 2. The number of aryl methyl sites for hydroxylation is 1. The van der Waals surface area contributed by atoms with Crippen LogP contribution in [0.3, 0.4) is 0 Å². The van der Waals surface area contributed by atoms with Gasteiger partial charge in [0.25, 0.3) is 5.91 Å². The van der Waals surface area contributed by atoms with Gasteiger partial charge in [0.15, 0.2) is 5.43 Å². The fourth-order valence-corrected chi connectivity index (χ4v) is 1.60. The third-order valence-corrected chi connectivity index (χ3v) is 2.49. The van der Waals surface area contributed by atoms with Gasteiger partial charge in [0.1, 0.15) is 10.7 Å². The molecule has 0 radical (unpaired) electrons. The highest BCUT2D eigenvalue weighted by Gasteiger charge is 2.10. The summed E-state index contributed by atoms with van der Waals surface area (Å²) in [6.07, 6.45) is 2.85. The first-order chi connectivity index (χ1) is 8.56. The largest absolute Gasteiger partial charge is 0.364 e. The molecule has 18 heavy (non-hydrogen) atoms. The first kappa shape index (κ1) is 12.3. The number of carbonyl (C=O) groups excluding carboxylic acids is 1. The number of nitrogens with one attached hydrogen (secondary N) is 2. The summed E-state index contributed by atoms with van der Waals surface area (Å²) in [6.45, 7) is 1.74. The van der Waals surface area contributed by atoms with Crippen molar-refractivity contribution in [1.29, 1.82) is 0 Å². The smallest absolute Gasteiger partial charge is 0.261 e. The van der Waals surface area contributed by atoms with Crippen LogP contribution in [0, 0.1) is 6.92 Å². The van der Waals surface area contributed by atoms with Gasteiger partial charge in [0, 0.05) is 29.8 Å². The van der Waals surface area contributed by atoms with E-state index in [0.717, 1.165) is 0 Å². The summed E-state index contributed by atoms with van der Waals surface area (Å²) < 4.78 is 0. The molecule has 0 aliphatic carbocycles. The van der Waals surface area contributed by atoms with E-state index in [1.54, 1.807) is 13.0 Å². The first-order valence-electron chi connectivity index (χ1n) is 5.18. The number of nitrogens with zero attached hydrogens (tertiary/aromatic N) is 1. The number of amides is 1. The molecule has 92 valence electrons. The van der Waals surface area contributed by atoms with Crippen molar-refractivity contribution >= 4 is 23.2 Å². The SMILES string of the molecule is Cc1cc(=O)c(C(=O)Nc2ccnc(Cl)c2)c[nH]1. The standard InChI is InChI=1S/C12H10ClN3O2/c1-7-4-10(17)9(6-15-7)12(18)16-8-2-3-14-11(13)5-8/h2-6H,1H3,(H,15,17)(H,14,16,18). The number of anilines is 1. The highest BCUT2D eigenvalue weighted by Crippen LogP contribution is 2.12. The Morgan fingerprint density at radius 3 is 2.89 bits per heavy atom. The van der Waals surface area contributed by atoms with E-state index in [2.05, 4.69) is 15.3 Å². The van der Waals surface area contributed by atoms with Crippen molar-refractivity contribution < 1.29 is 4.79 Å². The van der Waals surface area contributed by atoms with Gasteiger partial charge in [0.2, 0.25) is 0 Å². The molecule has 2 heterocycles. The van der Waals surface area contributed by atoms with Gasteiger partial charge in [-0.15, -0.1) is 0 Å². The number of pyridine rings is 2. The van der Waals surface area contributed by atoms with Gasteiger partial charge in [-0.05, 0) is 19.1 Å². The highest BCUT2D eigenvalue weighted by molar-refractivity contribution is 6.29. The summed E-state index contributed by atoms with van der Waals surface area (Å²) in [5.74, 6) is -0.487.